The van der Waals surface area contributed by atoms with Crippen molar-refractivity contribution in [2.45, 2.75) is 32.8 Å². The Bertz CT molecular complexity index is 242. The van der Waals surface area contributed by atoms with Crippen LogP contribution in [0.2, 0.25) is 0 Å². The zero-order valence-corrected chi connectivity index (χ0v) is 9.52. The molecule has 0 atom stereocenters. The van der Waals surface area contributed by atoms with Crippen molar-refractivity contribution in [3.8, 4) is 0 Å². The van der Waals surface area contributed by atoms with Crippen LogP contribution in [-0.2, 0) is 4.74 Å². The molecule has 1 saturated heterocycles. The van der Waals surface area contributed by atoms with Gasteiger partial charge in [-0.25, -0.2) is 4.79 Å². The van der Waals surface area contributed by atoms with Crippen LogP contribution in [0.3, 0.4) is 0 Å². The van der Waals surface area contributed by atoms with Gasteiger partial charge in [-0.1, -0.05) is 5.18 Å². The molecule has 1 fully saturated rings. The minimum absolute atomic E-state index is 0.266. The molecule has 1 rings (SSSR count). The summed E-state index contributed by atoms with van der Waals surface area (Å²) >= 11 is 0. The summed E-state index contributed by atoms with van der Waals surface area (Å²) in [5.41, 5.74) is -0.438. The first-order valence-electron chi connectivity index (χ1n) is 5.19. The molecule has 1 aliphatic heterocycles. The molecule has 0 unspecified atom stereocenters. The van der Waals surface area contributed by atoms with E-state index in [1.54, 1.807) is 4.90 Å². The summed E-state index contributed by atoms with van der Waals surface area (Å²) in [6, 6.07) is 0. The summed E-state index contributed by atoms with van der Waals surface area (Å²) in [4.78, 5) is 23.0. The van der Waals surface area contributed by atoms with Crippen molar-refractivity contribution in [3.63, 3.8) is 0 Å². The maximum absolute atomic E-state index is 11.5. The highest BCUT2D eigenvalue weighted by molar-refractivity contribution is 5.69. The predicted molar refractivity (Wildman–Crippen MR) is 56.6 cm³/mol. The number of nitroso groups, excluding NO2 is 1. The Balaban J connectivity index is 2.21. The lowest BCUT2D eigenvalue weighted by Crippen LogP contribution is -2.51. The highest BCUT2D eigenvalue weighted by atomic mass is 16.6. The van der Waals surface area contributed by atoms with Gasteiger partial charge in [0.25, 0.3) is 0 Å². The first kappa shape index (κ1) is 11.9. The van der Waals surface area contributed by atoms with Crippen molar-refractivity contribution in [2.24, 2.45) is 11.1 Å². The molecule has 15 heavy (non-hydrogen) atoms. The molecule has 0 aromatic heterocycles. The summed E-state index contributed by atoms with van der Waals surface area (Å²) in [6.07, 6.45) is 0.501. The van der Waals surface area contributed by atoms with Crippen LogP contribution in [0.4, 0.5) is 4.79 Å². The molecule has 0 aromatic rings. The predicted octanol–water partition coefficient (Wildman–Crippen LogP) is 2.01. The number of carbonyl (C=O) groups excluding carboxylic acids is 1. The first-order chi connectivity index (χ1) is 6.92. The molecular formula is C10H18N2O3. The number of hydrogen-bond acceptors (Lipinski definition) is 4. The molecule has 5 nitrogen and oxygen atoms in total. The average Bonchev–Trinajstić information content (AvgIpc) is 1.98. The fourth-order valence-corrected chi connectivity index (χ4v) is 1.46. The number of ether oxygens (including phenoxy) is 1. The van der Waals surface area contributed by atoms with Crippen LogP contribution in [0.25, 0.3) is 0 Å². The SMILES string of the molecule is CC(C)(C)OC(=O)N1CC(CCN=O)C1. The van der Waals surface area contributed by atoms with Crippen LogP contribution < -0.4 is 0 Å². The lowest BCUT2D eigenvalue weighted by Gasteiger charge is -2.39. The highest BCUT2D eigenvalue weighted by Gasteiger charge is 2.33. The maximum atomic E-state index is 11.5. The second-order valence-electron chi connectivity index (χ2n) is 4.89. The summed E-state index contributed by atoms with van der Waals surface area (Å²) in [5.74, 6) is 0.412. The summed E-state index contributed by atoms with van der Waals surface area (Å²) in [7, 11) is 0. The third-order valence-electron chi connectivity index (χ3n) is 2.24. The maximum Gasteiger partial charge on any atom is 0.410 e. The van der Waals surface area contributed by atoms with E-state index in [4.69, 9.17) is 4.74 Å². The Labute approximate surface area is 89.7 Å². The largest absolute Gasteiger partial charge is 0.444 e. The zero-order chi connectivity index (χ0) is 11.5. The number of nitrogens with zero attached hydrogens (tertiary/aromatic N) is 2. The van der Waals surface area contributed by atoms with Crippen molar-refractivity contribution in [2.75, 3.05) is 19.6 Å². The second-order valence-corrected chi connectivity index (χ2v) is 4.89. The summed E-state index contributed by atoms with van der Waals surface area (Å²) in [6.45, 7) is 7.25. The number of amides is 1. The number of rotatable bonds is 3. The van der Waals surface area contributed by atoms with Crippen LogP contribution in [0.1, 0.15) is 27.2 Å². The average molecular weight is 214 g/mol. The molecule has 0 N–H and O–H groups in total. The van der Waals surface area contributed by atoms with Gasteiger partial charge in [0.2, 0.25) is 0 Å². The molecule has 5 heteroatoms. The Morgan fingerprint density at radius 3 is 2.53 bits per heavy atom. The van der Waals surface area contributed by atoms with Crippen molar-refractivity contribution < 1.29 is 9.53 Å². The minimum atomic E-state index is -0.438. The van der Waals surface area contributed by atoms with E-state index < -0.39 is 5.60 Å². The quantitative estimate of drug-likeness (QED) is 0.675. The molecule has 0 radical (unpaired) electrons. The van der Waals surface area contributed by atoms with Crippen molar-refractivity contribution >= 4 is 6.09 Å². The molecule has 1 aliphatic rings. The van der Waals surface area contributed by atoms with E-state index in [-0.39, 0.29) is 6.09 Å². The van der Waals surface area contributed by atoms with Gasteiger partial charge >= 0.3 is 6.09 Å². The van der Waals surface area contributed by atoms with Crippen molar-refractivity contribution in [1.29, 1.82) is 0 Å². The molecule has 0 spiro atoms. The minimum Gasteiger partial charge on any atom is -0.444 e. The normalized spacial score (nSPS) is 17.1. The number of likely N-dealkylation sites (tertiary alicyclic amines) is 1. The van der Waals surface area contributed by atoms with E-state index in [1.807, 2.05) is 20.8 Å². The van der Waals surface area contributed by atoms with Gasteiger partial charge in [0.1, 0.15) is 5.60 Å². The van der Waals surface area contributed by atoms with E-state index in [9.17, 15) is 9.70 Å². The smallest absolute Gasteiger partial charge is 0.410 e. The molecule has 1 amide bonds. The van der Waals surface area contributed by atoms with Crippen LogP contribution >= 0.6 is 0 Å². The van der Waals surface area contributed by atoms with Gasteiger partial charge in [-0.3, -0.25) is 0 Å². The van der Waals surface area contributed by atoms with Gasteiger partial charge in [-0.15, -0.1) is 0 Å². The van der Waals surface area contributed by atoms with Crippen LogP contribution in [0.15, 0.2) is 5.18 Å². The zero-order valence-electron chi connectivity index (χ0n) is 9.52. The topological polar surface area (TPSA) is 59.0 Å². The molecular weight excluding hydrogens is 196 g/mol. The number of hydrogen-bond donors (Lipinski definition) is 0. The Kier molecular flexibility index (Phi) is 3.66. The van der Waals surface area contributed by atoms with Gasteiger partial charge in [-0.2, -0.15) is 4.91 Å². The fraction of sp³-hybridized carbons (Fsp3) is 0.900. The van der Waals surface area contributed by atoms with Crippen LogP contribution in [0, 0.1) is 10.8 Å². The molecule has 0 saturated carbocycles. The lowest BCUT2D eigenvalue weighted by atomic mass is 9.97. The van der Waals surface area contributed by atoms with Gasteiger partial charge in [-0.05, 0) is 33.1 Å². The van der Waals surface area contributed by atoms with E-state index in [2.05, 4.69) is 5.18 Å². The molecule has 0 bridgehead atoms. The van der Waals surface area contributed by atoms with E-state index in [0.29, 0.717) is 25.6 Å². The first-order valence-corrected chi connectivity index (χ1v) is 5.19. The molecule has 0 aromatic carbocycles. The van der Waals surface area contributed by atoms with Crippen LogP contribution in [-0.4, -0.2) is 36.2 Å². The fourth-order valence-electron chi connectivity index (χ4n) is 1.46. The molecule has 1 heterocycles. The third-order valence-corrected chi connectivity index (χ3v) is 2.24. The van der Waals surface area contributed by atoms with E-state index in [0.717, 1.165) is 6.42 Å². The third kappa shape index (κ3) is 3.85. The Morgan fingerprint density at radius 1 is 1.47 bits per heavy atom. The molecule has 86 valence electrons. The molecule has 0 aliphatic carbocycles. The van der Waals surface area contributed by atoms with Gasteiger partial charge in [0.15, 0.2) is 0 Å². The highest BCUT2D eigenvalue weighted by Crippen LogP contribution is 2.21. The summed E-state index contributed by atoms with van der Waals surface area (Å²) < 4.78 is 5.20. The van der Waals surface area contributed by atoms with Gasteiger partial charge in [0.05, 0.1) is 6.54 Å². The van der Waals surface area contributed by atoms with E-state index in [1.165, 1.54) is 0 Å². The van der Waals surface area contributed by atoms with E-state index >= 15 is 0 Å². The second kappa shape index (κ2) is 4.59. The van der Waals surface area contributed by atoms with Crippen molar-refractivity contribution in [1.82, 2.24) is 4.90 Å². The standard InChI is InChI=1S/C10H18N2O3/c1-10(2,3)15-9(13)12-6-8(7-12)4-5-11-14/h8H,4-7H2,1-3H3. The monoisotopic (exact) mass is 214 g/mol. The van der Waals surface area contributed by atoms with Crippen molar-refractivity contribution in [3.05, 3.63) is 4.91 Å². The number of carbonyl (C=O) groups is 1. The van der Waals surface area contributed by atoms with Gasteiger partial charge < -0.3 is 9.64 Å². The Morgan fingerprint density at radius 2 is 2.07 bits per heavy atom. The van der Waals surface area contributed by atoms with Gasteiger partial charge in [0, 0.05) is 13.1 Å². The summed E-state index contributed by atoms with van der Waals surface area (Å²) in [5, 5.41) is 2.80. The Hall–Kier alpha value is -1.13. The van der Waals surface area contributed by atoms with Crippen LogP contribution in [0.5, 0.6) is 0 Å². The lowest BCUT2D eigenvalue weighted by molar-refractivity contribution is -0.00173.